The van der Waals surface area contributed by atoms with E-state index in [4.69, 9.17) is 4.74 Å². The SMILES string of the molecule is CCOC(=O)c1ccc(C(=O)C(C)Br)cc1CBr. The Hall–Kier alpha value is -0.680. The van der Waals surface area contributed by atoms with Crippen molar-refractivity contribution < 1.29 is 14.3 Å². The molecule has 0 radical (unpaired) electrons. The monoisotopic (exact) mass is 376 g/mol. The number of hydrogen-bond acceptors (Lipinski definition) is 3. The minimum absolute atomic E-state index is 0.00684. The number of ketones is 1. The first-order valence-corrected chi connectivity index (χ1v) is 7.59. The van der Waals surface area contributed by atoms with Gasteiger partial charge in [0.2, 0.25) is 0 Å². The second-order valence-electron chi connectivity index (χ2n) is 3.71. The van der Waals surface area contributed by atoms with E-state index in [1.807, 2.05) is 0 Å². The van der Waals surface area contributed by atoms with Gasteiger partial charge in [0.05, 0.1) is 17.0 Å². The molecule has 0 saturated carbocycles. The molecule has 1 aromatic carbocycles. The van der Waals surface area contributed by atoms with Crippen molar-refractivity contribution >= 4 is 43.6 Å². The molecular formula is C13H14Br2O3. The molecule has 0 saturated heterocycles. The van der Waals surface area contributed by atoms with E-state index in [0.717, 1.165) is 5.56 Å². The first-order valence-electron chi connectivity index (χ1n) is 5.55. The summed E-state index contributed by atoms with van der Waals surface area (Å²) in [5.74, 6) is -0.370. The van der Waals surface area contributed by atoms with Crippen LogP contribution in [0.1, 0.15) is 40.1 Å². The van der Waals surface area contributed by atoms with Crippen LogP contribution in [-0.4, -0.2) is 23.2 Å². The molecule has 1 aromatic rings. The highest BCUT2D eigenvalue weighted by Gasteiger charge is 2.17. The number of rotatable bonds is 5. The molecule has 0 aliphatic carbocycles. The van der Waals surface area contributed by atoms with Crippen LogP contribution in [0.2, 0.25) is 0 Å². The van der Waals surface area contributed by atoms with Crippen molar-refractivity contribution in [1.29, 1.82) is 0 Å². The molecule has 1 rings (SSSR count). The molecule has 18 heavy (non-hydrogen) atoms. The van der Waals surface area contributed by atoms with Gasteiger partial charge in [-0.25, -0.2) is 4.79 Å². The summed E-state index contributed by atoms with van der Waals surface area (Å²) in [6.45, 7) is 3.87. The molecule has 1 unspecified atom stereocenters. The third kappa shape index (κ3) is 3.65. The second-order valence-corrected chi connectivity index (χ2v) is 5.64. The molecule has 98 valence electrons. The van der Waals surface area contributed by atoms with E-state index in [-0.39, 0.29) is 16.6 Å². The van der Waals surface area contributed by atoms with Crippen LogP contribution in [0.4, 0.5) is 0 Å². The van der Waals surface area contributed by atoms with Crippen molar-refractivity contribution in [1.82, 2.24) is 0 Å². The van der Waals surface area contributed by atoms with Gasteiger partial charge in [-0.3, -0.25) is 4.79 Å². The van der Waals surface area contributed by atoms with Gasteiger partial charge < -0.3 is 4.74 Å². The lowest BCUT2D eigenvalue weighted by atomic mass is 10.0. The quantitative estimate of drug-likeness (QED) is 0.446. The summed E-state index contributed by atoms with van der Waals surface area (Å²) >= 11 is 6.56. The number of esters is 1. The minimum Gasteiger partial charge on any atom is -0.462 e. The fraction of sp³-hybridized carbons (Fsp3) is 0.385. The van der Waals surface area contributed by atoms with E-state index in [1.54, 1.807) is 32.0 Å². The summed E-state index contributed by atoms with van der Waals surface area (Å²) in [5, 5.41) is 0.499. The molecular weight excluding hydrogens is 364 g/mol. The highest BCUT2D eigenvalue weighted by atomic mass is 79.9. The smallest absolute Gasteiger partial charge is 0.338 e. The Balaban J connectivity index is 3.11. The van der Waals surface area contributed by atoms with E-state index in [9.17, 15) is 9.59 Å². The largest absolute Gasteiger partial charge is 0.462 e. The van der Waals surface area contributed by atoms with Gasteiger partial charge in [0.25, 0.3) is 0 Å². The Kier molecular flexibility index (Phi) is 6.02. The third-order valence-corrected chi connectivity index (χ3v) is 3.41. The van der Waals surface area contributed by atoms with Crippen molar-refractivity contribution in [2.45, 2.75) is 24.0 Å². The number of halogens is 2. The lowest BCUT2D eigenvalue weighted by Gasteiger charge is -2.09. The standard InChI is InChI=1S/C13H14Br2O3/c1-3-18-13(17)11-5-4-9(6-10(11)7-14)12(16)8(2)15/h4-6,8H,3,7H2,1-2H3. The number of benzene rings is 1. The molecule has 0 aliphatic rings. The van der Waals surface area contributed by atoms with E-state index in [1.165, 1.54) is 0 Å². The summed E-state index contributed by atoms with van der Waals surface area (Å²) < 4.78 is 4.96. The Labute approximate surface area is 123 Å². The van der Waals surface area contributed by atoms with Crippen LogP contribution < -0.4 is 0 Å². The Morgan fingerprint density at radius 3 is 2.56 bits per heavy atom. The summed E-state index contributed by atoms with van der Waals surface area (Å²) in [5.41, 5.74) is 1.84. The Morgan fingerprint density at radius 2 is 2.06 bits per heavy atom. The topological polar surface area (TPSA) is 43.4 Å². The van der Waals surface area contributed by atoms with Crippen LogP contribution >= 0.6 is 31.9 Å². The zero-order valence-electron chi connectivity index (χ0n) is 10.2. The molecule has 0 bridgehead atoms. The number of carbonyl (C=O) groups excluding carboxylic acids is 2. The number of carbonyl (C=O) groups is 2. The van der Waals surface area contributed by atoms with Crippen molar-refractivity contribution in [2.75, 3.05) is 6.61 Å². The molecule has 0 N–H and O–H groups in total. The predicted octanol–water partition coefficient (Wildman–Crippen LogP) is 3.72. The highest BCUT2D eigenvalue weighted by molar-refractivity contribution is 9.10. The van der Waals surface area contributed by atoms with Gasteiger partial charge in [0.15, 0.2) is 5.78 Å². The van der Waals surface area contributed by atoms with Crippen LogP contribution in [-0.2, 0) is 10.1 Å². The van der Waals surface area contributed by atoms with Gasteiger partial charge in [0, 0.05) is 10.9 Å². The van der Waals surface area contributed by atoms with Gasteiger partial charge in [-0.2, -0.15) is 0 Å². The number of Topliss-reactive ketones (excluding diaryl/α,β-unsaturated/α-hetero) is 1. The maximum Gasteiger partial charge on any atom is 0.338 e. The number of hydrogen-bond donors (Lipinski definition) is 0. The zero-order valence-corrected chi connectivity index (χ0v) is 13.4. The van der Waals surface area contributed by atoms with Gasteiger partial charge in [-0.05, 0) is 31.5 Å². The summed E-state index contributed by atoms with van der Waals surface area (Å²) in [7, 11) is 0. The van der Waals surface area contributed by atoms with Crippen molar-refractivity contribution in [3.63, 3.8) is 0 Å². The molecule has 0 aliphatic heterocycles. The van der Waals surface area contributed by atoms with Gasteiger partial charge in [-0.1, -0.05) is 37.9 Å². The van der Waals surface area contributed by atoms with Crippen LogP contribution in [0.3, 0.4) is 0 Å². The van der Waals surface area contributed by atoms with Gasteiger partial charge >= 0.3 is 5.97 Å². The van der Waals surface area contributed by atoms with Crippen LogP contribution in [0.15, 0.2) is 18.2 Å². The number of alkyl halides is 2. The molecule has 0 amide bonds. The first-order chi connectivity index (χ1) is 8.51. The van der Waals surface area contributed by atoms with Gasteiger partial charge in [0.1, 0.15) is 0 Å². The maximum absolute atomic E-state index is 11.8. The molecule has 0 spiro atoms. The zero-order chi connectivity index (χ0) is 13.7. The normalized spacial score (nSPS) is 12.0. The number of ether oxygens (including phenoxy) is 1. The average Bonchev–Trinajstić information content (AvgIpc) is 2.37. The highest BCUT2D eigenvalue weighted by Crippen LogP contribution is 2.19. The molecule has 0 aromatic heterocycles. The molecule has 0 heterocycles. The van der Waals surface area contributed by atoms with Crippen LogP contribution in [0.5, 0.6) is 0 Å². The van der Waals surface area contributed by atoms with E-state index < -0.39 is 0 Å². The minimum atomic E-state index is -0.363. The predicted molar refractivity (Wildman–Crippen MR) is 77.7 cm³/mol. The molecule has 5 heteroatoms. The fourth-order valence-corrected chi connectivity index (χ4v) is 2.22. The summed E-state index contributed by atoms with van der Waals surface area (Å²) in [6.07, 6.45) is 0. The van der Waals surface area contributed by atoms with Crippen molar-refractivity contribution in [2.24, 2.45) is 0 Å². The van der Waals surface area contributed by atoms with E-state index in [0.29, 0.717) is 23.1 Å². The lowest BCUT2D eigenvalue weighted by molar-refractivity contribution is 0.0525. The van der Waals surface area contributed by atoms with Crippen molar-refractivity contribution in [3.8, 4) is 0 Å². The molecule has 1 atom stereocenters. The van der Waals surface area contributed by atoms with Crippen molar-refractivity contribution in [3.05, 3.63) is 34.9 Å². The molecule has 3 nitrogen and oxygen atoms in total. The van der Waals surface area contributed by atoms with Crippen LogP contribution in [0, 0.1) is 0 Å². The third-order valence-electron chi connectivity index (χ3n) is 2.39. The first kappa shape index (κ1) is 15.4. The second kappa shape index (κ2) is 7.04. The van der Waals surface area contributed by atoms with Crippen LogP contribution in [0.25, 0.3) is 0 Å². The Morgan fingerprint density at radius 1 is 1.39 bits per heavy atom. The Bertz CT molecular complexity index is 456. The van der Waals surface area contributed by atoms with E-state index >= 15 is 0 Å². The van der Waals surface area contributed by atoms with Gasteiger partial charge in [-0.15, -0.1) is 0 Å². The fourth-order valence-electron chi connectivity index (χ4n) is 1.50. The molecule has 0 fully saturated rings. The maximum atomic E-state index is 11.8. The van der Waals surface area contributed by atoms with E-state index in [2.05, 4.69) is 31.9 Å². The average molecular weight is 378 g/mol. The lowest BCUT2D eigenvalue weighted by Crippen LogP contribution is -2.13. The summed E-state index contributed by atoms with van der Waals surface area (Å²) in [6, 6.07) is 5.01. The summed E-state index contributed by atoms with van der Waals surface area (Å²) in [4.78, 5) is 23.3.